The van der Waals surface area contributed by atoms with Crippen molar-refractivity contribution < 1.29 is 31.2 Å². The van der Waals surface area contributed by atoms with E-state index in [1.165, 1.54) is 22.5 Å². The Kier molecular flexibility index (Phi) is 9.19. The third kappa shape index (κ3) is 7.16. The first kappa shape index (κ1) is 32.4. The second-order valence-corrected chi connectivity index (χ2v) is 13.1. The number of hydrogen-bond acceptors (Lipinski definition) is 6. The monoisotopic (exact) mass is 619 g/mol. The Hall–Kier alpha value is -3.55. The summed E-state index contributed by atoms with van der Waals surface area (Å²) in [5, 5.41) is 3.71. The molecule has 2 heterocycles. The third-order valence-electron chi connectivity index (χ3n) is 7.83. The number of nitrogens with one attached hydrogen (secondary N) is 1. The fourth-order valence-electron chi connectivity index (χ4n) is 5.22. The smallest absolute Gasteiger partial charge is 0.340 e. The zero-order valence-corrected chi connectivity index (χ0v) is 25.6. The molecule has 1 fully saturated rings. The van der Waals surface area contributed by atoms with E-state index in [0.717, 1.165) is 35.2 Å². The maximum Gasteiger partial charge on any atom is 0.416 e. The van der Waals surface area contributed by atoms with E-state index in [9.17, 15) is 31.2 Å². The predicted octanol–water partition coefficient (Wildman–Crippen LogP) is 3.67. The summed E-state index contributed by atoms with van der Waals surface area (Å²) in [7, 11) is 1.76. The summed E-state index contributed by atoms with van der Waals surface area (Å²) >= 11 is 0. The van der Waals surface area contributed by atoms with Gasteiger partial charge in [0.15, 0.2) is 0 Å². The fraction of sp³-hybridized carbons (Fsp3) is 0.433. The van der Waals surface area contributed by atoms with Crippen molar-refractivity contribution >= 4 is 33.7 Å². The van der Waals surface area contributed by atoms with Crippen LogP contribution < -0.4 is 5.32 Å². The molecule has 2 amide bonds. The maximum atomic E-state index is 13.2. The Morgan fingerprint density at radius 1 is 1.07 bits per heavy atom. The number of amidine groups is 1. The first-order valence-electron chi connectivity index (χ1n) is 13.8. The molecule has 2 aliphatic heterocycles. The summed E-state index contributed by atoms with van der Waals surface area (Å²) in [6.07, 6.45) is -2.85. The van der Waals surface area contributed by atoms with Crippen LogP contribution in [0.15, 0.2) is 46.8 Å². The summed E-state index contributed by atoms with van der Waals surface area (Å²) in [5.74, 6) is -0.530. The van der Waals surface area contributed by atoms with Crippen LogP contribution in [-0.4, -0.2) is 93.0 Å². The number of likely N-dealkylation sites (N-methyl/N-ethyl adjacent to an activating group) is 2. The Balaban J connectivity index is 1.45. The van der Waals surface area contributed by atoms with E-state index < -0.39 is 33.2 Å². The number of amides is 2. The van der Waals surface area contributed by atoms with Crippen molar-refractivity contribution in [3.8, 4) is 0 Å². The van der Waals surface area contributed by atoms with Gasteiger partial charge in [0.05, 0.1) is 5.56 Å². The van der Waals surface area contributed by atoms with Crippen LogP contribution in [0.4, 0.5) is 13.2 Å². The quantitative estimate of drug-likeness (QED) is 0.486. The number of aryl methyl sites for hydroxylation is 2. The van der Waals surface area contributed by atoms with Crippen molar-refractivity contribution in [1.29, 1.82) is 0 Å². The van der Waals surface area contributed by atoms with Gasteiger partial charge >= 0.3 is 6.18 Å². The van der Waals surface area contributed by atoms with E-state index in [1.54, 1.807) is 24.1 Å². The van der Waals surface area contributed by atoms with Gasteiger partial charge in [0, 0.05) is 49.8 Å². The molecule has 0 radical (unpaired) electrons. The molecule has 0 aromatic heterocycles. The van der Waals surface area contributed by atoms with Crippen LogP contribution in [0.3, 0.4) is 0 Å². The van der Waals surface area contributed by atoms with Crippen LogP contribution in [0, 0.1) is 13.8 Å². The summed E-state index contributed by atoms with van der Waals surface area (Å²) in [4.78, 5) is 33.9. The molecular weight excluding hydrogens is 583 g/mol. The standard InChI is InChI=1S/C30H36F3N5O4S/c1-20-17-23(27(39)37(5)15-14-36(3)4)18-21(2)25(20)9-16-43(41,42)38-12-10-29(11-13-38)28(40)34-26(35-29)22-7-6-8-24(19-22)30(31,32)33/h6-9,16-19H,10-15H2,1-5H3,(H,34,35,40). The highest BCUT2D eigenvalue weighted by Gasteiger charge is 2.47. The molecule has 0 saturated carbocycles. The fourth-order valence-corrected chi connectivity index (χ4v) is 6.39. The van der Waals surface area contributed by atoms with Gasteiger partial charge in [0.25, 0.3) is 11.8 Å². The van der Waals surface area contributed by atoms with Gasteiger partial charge in [-0.05, 0) is 87.8 Å². The van der Waals surface area contributed by atoms with Crippen molar-refractivity contribution in [2.24, 2.45) is 4.99 Å². The molecule has 9 nitrogen and oxygen atoms in total. The number of alkyl halides is 3. The number of rotatable bonds is 8. The first-order chi connectivity index (χ1) is 20.0. The predicted molar refractivity (Wildman–Crippen MR) is 159 cm³/mol. The Morgan fingerprint density at radius 2 is 1.70 bits per heavy atom. The number of aliphatic imine (C=N–C) groups is 1. The molecule has 2 aliphatic rings. The molecule has 0 aliphatic carbocycles. The highest BCUT2D eigenvalue weighted by atomic mass is 32.2. The SMILES string of the molecule is Cc1cc(C(=O)N(C)CCN(C)C)cc(C)c1C=CS(=O)(=O)N1CCC2(CC1)N=C(c1cccc(C(F)(F)F)c1)NC2=O. The average Bonchev–Trinajstić information content (AvgIpc) is 3.25. The topological polar surface area (TPSA) is 102 Å². The van der Waals surface area contributed by atoms with Crippen LogP contribution in [0.2, 0.25) is 0 Å². The number of nitrogens with zero attached hydrogens (tertiary/aromatic N) is 4. The minimum Gasteiger partial charge on any atom is -0.340 e. The van der Waals surface area contributed by atoms with Crippen molar-refractivity contribution in [1.82, 2.24) is 19.4 Å². The third-order valence-corrected chi connectivity index (χ3v) is 9.39. The molecule has 0 atom stereocenters. The van der Waals surface area contributed by atoms with Crippen LogP contribution >= 0.6 is 0 Å². The Morgan fingerprint density at radius 3 is 2.28 bits per heavy atom. The molecular formula is C30H36F3N5O4S. The van der Waals surface area contributed by atoms with E-state index in [4.69, 9.17) is 0 Å². The molecule has 1 saturated heterocycles. The number of carbonyl (C=O) groups is 2. The molecule has 0 bridgehead atoms. The van der Waals surface area contributed by atoms with E-state index >= 15 is 0 Å². The highest BCUT2D eigenvalue weighted by Crippen LogP contribution is 2.34. The van der Waals surface area contributed by atoms with Gasteiger partial charge in [-0.15, -0.1) is 0 Å². The van der Waals surface area contributed by atoms with E-state index in [2.05, 4.69) is 10.3 Å². The second kappa shape index (κ2) is 12.2. The van der Waals surface area contributed by atoms with Gasteiger partial charge in [-0.25, -0.2) is 8.42 Å². The molecule has 0 unspecified atom stereocenters. The first-order valence-corrected chi connectivity index (χ1v) is 15.3. The highest BCUT2D eigenvalue weighted by molar-refractivity contribution is 7.92. The molecule has 1 spiro atoms. The van der Waals surface area contributed by atoms with Crippen LogP contribution in [-0.2, 0) is 21.0 Å². The number of piperidine rings is 1. The summed E-state index contributed by atoms with van der Waals surface area (Å²) in [6.45, 7) is 4.97. The van der Waals surface area contributed by atoms with Gasteiger partial charge in [0.1, 0.15) is 11.4 Å². The van der Waals surface area contributed by atoms with Gasteiger partial charge in [-0.1, -0.05) is 12.1 Å². The molecule has 43 heavy (non-hydrogen) atoms. The van der Waals surface area contributed by atoms with Crippen molar-refractivity contribution in [3.05, 3.63) is 75.2 Å². The zero-order chi connectivity index (χ0) is 31.7. The molecule has 232 valence electrons. The van der Waals surface area contributed by atoms with Crippen molar-refractivity contribution in [2.75, 3.05) is 47.3 Å². The summed E-state index contributed by atoms with van der Waals surface area (Å²) < 4.78 is 67.2. The summed E-state index contributed by atoms with van der Waals surface area (Å²) in [6, 6.07) is 8.05. The lowest BCUT2D eigenvalue weighted by Gasteiger charge is -2.34. The van der Waals surface area contributed by atoms with E-state index in [-0.39, 0.29) is 43.2 Å². The van der Waals surface area contributed by atoms with Crippen molar-refractivity contribution in [2.45, 2.75) is 38.4 Å². The van der Waals surface area contributed by atoms with Crippen molar-refractivity contribution in [3.63, 3.8) is 0 Å². The zero-order valence-electron chi connectivity index (χ0n) is 24.8. The normalized spacial score (nSPS) is 17.5. The lowest BCUT2D eigenvalue weighted by atomic mass is 9.89. The van der Waals surface area contributed by atoms with E-state index in [1.807, 2.05) is 32.8 Å². The number of halogens is 3. The largest absolute Gasteiger partial charge is 0.416 e. The van der Waals surface area contributed by atoms with Gasteiger partial charge in [-0.3, -0.25) is 14.6 Å². The Labute approximate surface area is 250 Å². The van der Waals surface area contributed by atoms with Gasteiger partial charge in [0.2, 0.25) is 10.0 Å². The second-order valence-electron chi connectivity index (χ2n) is 11.3. The van der Waals surface area contributed by atoms with Gasteiger partial charge < -0.3 is 15.1 Å². The minimum atomic E-state index is -4.54. The molecule has 2 aromatic carbocycles. The van der Waals surface area contributed by atoms with Crippen LogP contribution in [0.1, 0.15) is 51.0 Å². The molecule has 1 N–H and O–H groups in total. The minimum absolute atomic E-state index is 0.0180. The maximum absolute atomic E-state index is 13.2. The lowest BCUT2D eigenvalue weighted by molar-refractivity contribution is -0.137. The van der Waals surface area contributed by atoms with Crippen LogP contribution in [0.25, 0.3) is 6.08 Å². The Bertz CT molecular complexity index is 1550. The molecule has 4 rings (SSSR count). The number of hydrogen-bond donors (Lipinski definition) is 1. The molecule has 2 aromatic rings. The lowest BCUT2D eigenvalue weighted by Crippen LogP contribution is -2.50. The number of sulfonamides is 1. The average molecular weight is 620 g/mol. The molecule has 13 heteroatoms. The number of benzene rings is 2. The van der Waals surface area contributed by atoms with E-state index in [0.29, 0.717) is 17.7 Å². The van der Waals surface area contributed by atoms with Crippen LogP contribution in [0.5, 0.6) is 0 Å². The number of carbonyl (C=O) groups excluding carboxylic acids is 2. The summed E-state index contributed by atoms with van der Waals surface area (Å²) in [5.41, 5.74) is 0.771. The van der Waals surface area contributed by atoms with Gasteiger partial charge in [-0.2, -0.15) is 17.5 Å².